The molecule has 164 valence electrons. The van der Waals surface area contributed by atoms with Gasteiger partial charge in [0.2, 0.25) is 0 Å². The summed E-state index contributed by atoms with van der Waals surface area (Å²) in [5, 5.41) is 0. The minimum Gasteiger partial charge on any atom is -0.431 e. The topological polar surface area (TPSA) is 86.4 Å². The maximum absolute atomic E-state index is 12.7. The van der Waals surface area contributed by atoms with Gasteiger partial charge in [0.05, 0.1) is 12.3 Å². The Morgan fingerprint density at radius 2 is 1.94 bits per heavy atom. The van der Waals surface area contributed by atoms with E-state index in [0.717, 1.165) is 57.1 Å². The molecule has 7 nitrogen and oxygen atoms in total. The zero-order chi connectivity index (χ0) is 21.1. The fourth-order valence-electron chi connectivity index (χ4n) is 5.22. The summed E-state index contributed by atoms with van der Waals surface area (Å²) in [6, 6.07) is 4.05. The third-order valence-corrected chi connectivity index (χ3v) is 7.09. The smallest absolute Gasteiger partial charge is 0.387 e. The van der Waals surface area contributed by atoms with Crippen molar-refractivity contribution in [2.45, 2.75) is 43.8 Å². The molecule has 2 aliphatic carbocycles. The van der Waals surface area contributed by atoms with Gasteiger partial charge in [-0.1, -0.05) is 0 Å². The van der Waals surface area contributed by atoms with Crippen molar-refractivity contribution in [2.75, 3.05) is 32.0 Å². The number of alkyl halides is 2. The van der Waals surface area contributed by atoms with E-state index in [4.69, 9.17) is 20.4 Å². The maximum atomic E-state index is 12.7. The van der Waals surface area contributed by atoms with Crippen LogP contribution < -0.4 is 10.5 Å². The Balaban J connectivity index is 1.27. The number of nitrogens with zero attached hydrogens (tertiary/aromatic N) is 4. The van der Waals surface area contributed by atoms with Crippen LogP contribution in [0.1, 0.15) is 42.6 Å². The molecule has 2 saturated carbocycles. The summed E-state index contributed by atoms with van der Waals surface area (Å²) in [5.41, 5.74) is 8.09. The van der Waals surface area contributed by atoms with Gasteiger partial charge in [-0.3, -0.25) is 4.90 Å². The monoisotopic (exact) mass is 429 g/mol. The number of hydrogen-bond donors (Lipinski definition) is 1. The van der Waals surface area contributed by atoms with E-state index < -0.39 is 6.61 Å². The Labute approximate surface area is 179 Å². The molecule has 0 radical (unpaired) electrons. The fourth-order valence-corrected chi connectivity index (χ4v) is 5.22. The highest BCUT2D eigenvalue weighted by Gasteiger charge is 2.58. The molecule has 3 unspecified atom stereocenters. The summed E-state index contributed by atoms with van der Waals surface area (Å²) in [6.45, 7) is 0.948. The lowest BCUT2D eigenvalue weighted by molar-refractivity contribution is -0.0494. The van der Waals surface area contributed by atoms with Gasteiger partial charge < -0.3 is 15.2 Å². The Morgan fingerprint density at radius 1 is 1.13 bits per heavy atom. The van der Waals surface area contributed by atoms with E-state index in [0.29, 0.717) is 41.0 Å². The van der Waals surface area contributed by atoms with Crippen molar-refractivity contribution in [2.24, 2.45) is 11.8 Å². The van der Waals surface area contributed by atoms with Crippen LogP contribution in [-0.2, 0) is 4.74 Å². The summed E-state index contributed by atoms with van der Waals surface area (Å²) in [6.07, 6.45) is 4.87. The molecule has 4 fully saturated rings. The molecule has 4 aliphatic rings. The number of ether oxygens (including phenoxy) is 2. The number of aromatic nitrogens is 3. The average molecular weight is 429 g/mol. The molecule has 4 heterocycles. The van der Waals surface area contributed by atoms with Crippen LogP contribution in [0.5, 0.6) is 5.75 Å². The third kappa shape index (κ3) is 3.63. The number of halogens is 2. The Morgan fingerprint density at radius 3 is 2.61 bits per heavy atom. The highest BCUT2D eigenvalue weighted by atomic mass is 19.3. The minimum absolute atomic E-state index is 0.0616. The predicted octanol–water partition coefficient (Wildman–Crippen LogP) is 3.03. The third-order valence-electron chi connectivity index (χ3n) is 7.09. The van der Waals surface area contributed by atoms with Gasteiger partial charge in [0.1, 0.15) is 5.82 Å². The van der Waals surface area contributed by atoms with Crippen LogP contribution in [0.15, 0.2) is 18.3 Å². The van der Waals surface area contributed by atoms with E-state index >= 15 is 0 Å². The number of nitrogen functional groups attached to an aromatic ring is 1. The quantitative estimate of drug-likeness (QED) is 0.755. The second-order valence-corrected chi connectivity index (χ2v) is 9.12. The number of fused-ring (bicyclic) bond motifs is 1. The summed E-state index contributed by atoms with van der Waals surface area (Å²) in [5.74, 6) is 2.74. The number of hydrogen-bond acceptors (Lipinski definition) is 7. The summed E-state index contributed by atoms with van der Waals surface area (Å²) in [4.78, 5) is 16.3. The van der Waals surface area contributed by atoms with E-state index in [-0.39, 0.29) is 11.6 Å². The zero-order valence-corrected chi connectivity index (χ0v) is 17.1. The fraction of sp³-hybridized carbons (Fsp3) is 0.591. The van der Waals surface area contributed by atoms with Crippen LogP contribution in [0.4, 0.5) is 14.6 Å². The van der Waals surface area contributed by atoms with Crippen LogP contribution >= 0.6 is 0 Å². The van der Waals surface area contributed by atoms with Crippen molar-refractivity contribution < 1.29 is 18.3 Å². The van der Waals surface area contributed by atoms with Crippen molar-refractivity contribution in [1.29, 1.82) is 0 Å². The van der Waals surface area contributed by atoms with Crippen molar-refractivity contribution in [3.63, 3.8) is 0 Å². The standard InChI is InChI=1S/C22H25F2N5O2/c23-22(24)31-18-5-12(7-26-20(18)25)16-6-17(28-21(27-16)11-1-2-11)19-14-8-29(9-15(14)19)13-3-4-30-10-13/h5-7,11,13-15,19,22H,1-4,8-10H2,(H2,25,26). The van der Waals surface area contributed by atoms with E-state index in [1.807, 2.05) is 6.07 Å². The van der Waals surface area contributed by atoms with Crippen molar-refractivity contribution in [1.82, 2.24) is 19.9 Å². The zero-order valence-electron chi connectivity index (χ0n) is 17.1. The van der Waals surface area contributed by atoms with Crippen LogP contribution in [0.25, 0.3) is 11.3 Å². The van der Waals surface area contributed by atoms with Crippen LogP contribution in [0, 0.1) is 11.8 Å². The predicted molar refractivity (Wildman–Crippen MR) is 109 cm³/mol. The SMILES string of the molecule is Nc1ncc(-c2cc(C3C4CN(C5CCOC5)CC43)nc(C3CC3)n2)cc1OC(F)F. The first-order chi connectivity index (χ1) is 15.1. The number of piperidine rings is 1. The number of likely N-dealkylation sites (tertiary alicyclic amines) is 1. The molecule has 0 amide bonds. The normalized spacial score (nSPS) is 30.0. The number of pyridine rings is 1. The molecule has 6 rings (SSSR count). The molecule has 2 aromatic rings. The molecule has 3 atom stereocenters. The number of anilines is 1. The van der Waals surface area contributed by atoms with Crippen molar-refractivity contribution in [3.8, 4) is 17.0 Å². The van der Waals surface area contributed by atoms with Gasteiger partial charge in [-0.25, -0.2) is 15.0 Å². The van der Waals surface area contributed by atoms with Gasteiger partial charge in [0.25, 0.3) is 0 Å². The number of rotatable bonds is 6. The first-order valence-corrected chi connectivity index (χ1v) is 11.0. The molecular formula is C22H25F2N5O2. The lowest BCUT2D eigenvalue weighted by Gasteiger charge is -2.25. The van der Waals surface area contributed by atoms with Gasteiger partial charge in [0, 0.05) is 55.0 Å². The van der Waals surface area contributed by atoms with E-state index in [9.17, 15) is 8.78 Å². The van der Waals surface area contributed by atoms with Crippen molar-refractivity contribution in [3.05, 3.63) is 29.8 Å². The van der Waals surface area contributed by atoms with Gasteiger partial charge in [-0.15, -0.1) is 0 Å². The highest BCUT2D eigenvalue weighted by Crippen LogP contribution is 2.58. The molecule has 2 saturated heterocycles. The Hall–Kier alpha value is -2.39. The molecule has 2 aliphatic heterocycles. The number of nitrogens with two attached hydrogens (primary N) is 1. The summed E-state index contributed by atoms with van der Waals surface area (Å²) >= 11 is 0. The highest BCUT2D eigenvalue weighted by molar-refractivity contribution is 5.64. The van der Waals surface area contributed by atoms with Crippen LogP contribution in [-0.4, -0.2) is 58.8 Å². The molecule has 9 heteroatoms. The second kappa shape index (κ2) is 7.34. The molecule has 0 spiro atoms. The lowest BCUT2D eigenvalue weighted by Crippen LogP contribution is -2.35. The first-order valence-electron chi connectivity index (χ1n) is 11.0. The van der Waals surface area contributed by atoms with Crippen LogP contribution in [0.2, 0.25) is 0 Å². The van der Waals surface area contributed by atoms with Gasteiger partial charge in [0.15, 0.2) is 11.6 Å². The van der Waals surface area contributed by atoms with Gasteiger partial charge in [-0.05, 0) is 43.2 Å². The molecule has 2 N–H and O–H groups in total. The van der Waals surface area contributed by atoms with E-state index in [1.165, 1.54) is 6.07 Å². The summed E-state index contributed by atoms with van der Waals surface area (Å²) < 4.78 is 35.5. The molecule has 2 aromatic heterocycles. The molecule has 31 heavy (non-hydrogen) atoms. The van der Waals surface area contributed by atoms with E-state index in [1.54, 1.807) is 6.20 Å². The average Bonchev–Trinajstić information content (AvgIpc) is 3.60. The molecular weight excluding hydrogens is 404 g/mol. The molecule has 0 aromatic carbocycles. The lowest BCUT2D eigenvalue weighted by atomic mass is 10.1. The van der Waals surface area contributed by atoms with Gasteiger partial charge in [-0.2, -0.15) is 8.78 Å². The second-order valence-electron chi connectivity index (χ2n) is 9.12. The van der Waals surface area contributed by atoms with Crippen molar-refractivity contribution >= 4 is 5.82 Å². The summed E-state index contributed by atoms with van der Waals surface area (Å²) in [7, 11) is 0. The Kier molecular flexibility index (Phi) is 4.57. The van der Waals surface area contributed by atoms with Gasteiger partial charge >= 0.3 is 6.61 Å². The first kappa shape index (κ1) is 19.3. The molecule has 0 bridgehead atoms. The minimum atomic E-state index is -2.96. The van der Waals surface area contributed by atoms with E-state index in [2.05, 4.69) is 14.6 Å². The van der Waals surface area contributed by atoms with Crippen LogP contribution in [0.3, 0.4) is 0 Å². The Bertz CT molecular complexity index is 984. The maximum Gasteiger partial charge on any atom is 0.387 e. The largest absolute Gasteiger partial charge is 0.431 e.